The smallest absolute Gasteiger partial charge is 0.495 e. The summed E-state index contributed by atoms with van der Waals surface area (Å²) in [6.45, 7) is 0.126. The van der Waals surface area contributed by atoms with Crippen LogP contribution in [0.3, 0.4) is 0 Å². The Morgan fingerprint density at radius 3 is 2.18 bits per heavy atom. The normalized spacial score (nSPS) is 11.6. The highest BCUT2D eigenvalue weighted by Crippen LogP contribution is 2.26. The van der Waals surface area contributed by atoms with Gasteiger partial charge in [-0.05, 0) is 54.1 Å². The van der Waals surface area contributed by atoms with Crippen molar-refractivity contribution >= 4 is 21.6 Å². The molecule has 0 aliphatic rings. The molecule has 7 nitrogen and oxygen atoms in total. The number of carbonyl (C=O) groups excluding carboxylic acids is 1. The largest absolute Gasteiger partial charge is 0.573 e. The molecule has 0 unspecified atom stereocenters. The fraction of sp³-hybridized carbons (Fsp3) is 0.174. The van der Waals surface area contributed by atoms with E-state index in [-0.39, 0.29) is 28.4 Å². The maximum Gasteiger partial charge on any atom is 0.573 e. The van der Waals surface area contributed by atoms with Crippen molar-refractivity contribution in [1.29, 1.82) is 0 Å². The molecule has 0 spiro atoms. The van der Waals surface area contributed by atoms with E-state index in [4.69, 9.17) is 4.74 Å². The van der Waals surface area contributed by atoms with Gasteiger partial charge in [-0.1, -0.05) is 24.3 Å². The second-order valence-electron chi connectivity index (χ2n) is 7.18. The van der Waals surface area contributed by atoms with Crippen LogP contribution in [0.1, 0.15) is 15.9 Å². The first-order valence-corrected chi connectivity index (χ1v) is 11.3. The van der Waals surface area contributed by atoms with Gasteiger partial charge in [0.2, 0.25) is 0 Å². The van der Waals surface area contributed by atoms with Crippen LogP contribution < -0.4 is 14.2 Å². The number of carbonyl (C=O) groups is 1. The van der Waals surface area contributed by atoms with Crippen LogP contribution in [0.5, 0.6) is 11.5 Å². The molecular weight excluding hydrogens is 473 g/mol. The van der Waals surface area contributed by atoms with Crippen LogP contribution in [0.2, 0.25) is 0 Å². The first-order chi connectivity index (χ1) is 16.0. The van der Waals surface area contributed by atoms with Crippen molar-refractivity contribution in [3.05, 3.63) is 83.9 Å². The van der Waals surface area contributed by atoms with Gasteiger partial charge in [0.05, 0.1) is 17.7 Å². The molecule has 0 saturated carbocycles. The van der Waals surface area contributed by atoms with Gasteiger partial charge in [-0.25, -0.2) is 8.42 Å². The minimum atomic E-state index is -4.78. The van der Waals surface area contributed by atoms with Crippen LogP contribution in [0.25, 0.3) is 0 Å². The molecule has 3 rings (SSSR count). The topological polar surface area (TPSA) is 84.9 Å². The Bertz CT molecular complexity index is 1240. The maximum atomic E-state index is 12.7. The van der Waals surface area contributed by atoms with Crippen molar-refractivity contribution in [3.8, 4) is 11.5 Å². The van der Waals surface area contributed by atoms with Gasteiger partial charge in [0, 0.05) is 19.2 Å². The number of nitrogens with zero attached hydrogens (tertiary/aromatic N) is 1. The van der Waals surface area contributed by atoms with E-state index in [1.165, 1.54) is 55.5 Å². The highest BCUT2D eigenvalue weighted by Gasteiger charge is 2.31. The number of amides is 1. The summed E-state index contributed by atoms with van der Waals surface area (Å²) < 4.78 is 73.6. The Morgan fingerprint density at radius 2 is 1.59 bits per heavy atom. The summed E-state index contributed by atoms with van der Waals surface area (Å²) in [5, 5.41) is 0. The Morgan fingerprint density at radius 1 is 0.971 bits per heavy atom. The average molecular weight is 494 g/mol. The number of benzene rings is 3. The van der Waals surface area contributed by atoms with E-state index in [0.717, 1.165) is 12.1 Å². The third-order valence-corrected chi connectivity index (χ3v) is 6.07. The molecule has 0 bridgehead atoms. The van der Waals surface area contributed by atoms with E-state index in [9.17, 15) is 26.4 Å². The predicted molar refractivity (Wildman–Crippen MR) is 119 cm³/mol. The highest BCUT2D eigenvalue weighted by atomic mass is 32.2. The van der Waals surface area contributed by atoms with Gasteiger partial charge in [0.25, 0.3) is 15.9 Å². The van der Waals surface area contributed by atoms with E-state index in [2.05, 4.69) is 9.46 Å². The number of anilines is 1. The molecule has 1 amide bonds. The molecule has 0 aromatic heterocycles. The van der Waals surface area contributed by atoms with E-state index < -0.39 is 22.3 Å². The number of nitrogens with one attached hydrogen (secondary N) is 1. The van der Waals surface area contributed by atoms with Gasteiger partial charge >= 0.3 is 6.36 Å². The molecule has 0 aliphatic heterocycles. The minimum absolute atomic E-state index is 0.0436. The van der Waals surface area contributed by atoms with Crippen LogP contribution in [0.4, 0.5) is 18.9 Å². The van der Waals surface area contributed by atoms with Gasteiger partial charge in [-0.15, -0.1) is 13.2 Å². The number of rotatable bonds is 8. The van der Waals surface area contributed by atoms with Crippen molar-refractivity contribution in [2.45, 2.75) is 17.8 Å². The number of hydrogen-bond acceptors (Lipinski definition) is 5. The summed E-state index contributed by atoms with van der Waals surface area (Å²) in [6, 6.07) is 17.1. The molecule has 3 aromatic carbocycles. The Labute approximate surface area is 194 Å². The molecule has 3 aromatic rings. The third kappa shape index (κ3) is 6.41. The summed E-state index contributed by atoms with van der Waals surface area (Å²) in [4.78, 5) is 14.0. The lowest BCUT2D eigenvalue weighted by Crippen LogP contribution is -2.26. The fourth-order valence-corrected chi connectivity index (χ4v) is 4.14. The van der Waals surface area contributed by atoms with E-state index in [1.54, 1.807) is 24.3 Å². The van der Waals surface area contributed by atoms with Crippen LogP contribution >= 0.6 is 0 Å². The summed E-state index contributed by atoms with van der Waals surface area (Å²) in [5.74, 6) is -0.390. The van der Waals surface area contributed by atoms with Crippen LogP contribution in [-0.4, -0.2) is 39.7 Å². The lowest BCUT2D eigenvalue weighted by atomic mass is 10.1. The van der Waals surface area contributed by atoms with Crippen LogP contribution in [-0.2, 0) is 16.6 Å². The van der Waals surface area contributed by atoms with Gasteiger partial charge in [-0.3, -0.25) is 9.52 Å². The number of alkyl halides is 3. The van der Waals surface area contributed by atoms with Gasteiger partial charge in [0.1, 0.15) is 11.5 Å². The SMILES string of the molecule is COc1ccccc1NS(=O)(=O)c1ccc(C(=O)N(C)Cc2ccc(OC(F)(F)F)cc2)cc1. The number of methoxy groups -OCH3 is 1. The van der Waals surface area contributed by atoms with Crippen molar-refractivity contribution in [2.24, 2.45) is 0 Å². The Balaban J connectivity index is 1.67. The van der Waals surface area contributed by atoms with Crippen molar-refractivity contribution in [2.75, 3.05) is 18.9 Å². The maximum absolute atomic E-state index is 12.7. The van der Waals surface area contributed by atoms with Crippen molar-refractivity contribution < 1.29 is 35.9 Å². The average Bonchev–Trinajstić information content (AvgIpc) is 2.79. The molecule has 0 fully saturated rings. The number of para-hydroxylation sites is 2. The molecule has 0 saturated heterocycles. The number of hydrogen-bond donors (Lipinski definition) is 1. The van der Waals surface area contributed by atoms with Gasteiger partial charge in [-0.2, -0.15) is 0 Å². The fourth-order valence-electron chi connectivity index (χ4n) is 3.07. The Hall–Kier alpha value is -3.73. The second-order valence-corrected chi connectivity index (χ2v) is 8.87. The molecule has 1 N–H and O–H groups in total. The summed E-state index contributed by atoms with van der Waals surface area (Å²) in [5.41, 5.74) is 1.11. The van der Waals surface area contributed by atoms with Crippen LogP contribution in [0, 0.1) is 0 Å². The predicted octanol–water partition coefficient (Wildman–Crippen LogP) is 4.67. The first kappa shape index (κ1) is 24.9. The number of halogens is 3. The number of sulfonamides is 1. The van der Waals surface area contributed by atoms with E-state index in [1.807, 2.05) is 0 Å². The monoisotopic (exact) mass is 494 g/mol. The molecule has 0 heterocycles. The third-order valence-electron chi connectivity index (χ3n) is 4.69. The van der Waals surface area contributed by atoms with E-state index in [0.29, 0.717) is 11.3 Å². The minimum Gasteiger partial charge on any atom is -0.495 e. The number of ether oxygens (including phenoxy) is 2. The van der Waals surface area contributed by atoms with Crippen molar-refractivity contribution in [3.63, 3.8) is 0 Å². The molecule has 180 valence electrons. The second kappa shape index (κ2) is 10.0. The molecular formula is C23H21F3N2O5S. The molecule has 34 heavy (non-hydrogen) atoms. The standard InChI is InChI=1S/C23H21F3N2O5S/c1-28(15-16-7-11-18(12-8-16)33-23(24,25)26)22(29)17-9-13-19(14-10-17)34(30,31)27-20-5-3-4-6-21(20)32-2/h3-14,27H,15H2,1-2H3. The molecule has 11 heteroatoms. The molecule has 0 radical (unpaired) electrons. The molecule has 0 atom stereocenters. The van der Waals surface area contributed by atoms with Gasteiger partial charge in [0.15, 0.2) is 0 Å². The zero-order chi connectivity index (χ0) is 24.9. The van der Waals surface area contributed by atoms with E-state index >= 15 is 0 Å². The first-order valence-electron chi connectivity index (χ1n) is 9.84. The lowest BCUT2D eigenvalue weighted by molar-refractivity contribution is -0.274. The summed E-state index contributed by atoms with van der Waals surface area (Å²) in [7, 11) is -0.972. The highest BCUT2D eigenvalue weighted by molar-refractivity contribution is 7.92. The lowest BCUT2D eigenvalue weighted by Gasteiger charge is -2.18. The zero-order valence-electron chi connectivity index (χ0n) is 18.2. The quantitative estimate of drug-likeness (QED) is 0.492. The van der Waals surface area contributed by atoms with Crippen molar-refractivity contribution in [1.82, 2.24) is 4.90 Å². The zero-order valence-corrected chi connectivity index (χ0v) is 19.0. The van der Waals surface area contributed by atoms with Gasteiger partial charge < -0.3 is 14.4 Å². The van der Waals surface area contributed by atoms with Crippen LogP contribution in [0.15, 0.2) is 77.7 Å². The molecule has 0 aliphatic carbocycles. The summed E-state index contributed by atoms with van der Waals surface area (Å²) >= 11 is 0. The Kier molecular flexibility index (Phi) is 7.35. The summed E-state index contributed by atoms with van der Waals surface area (Å²) in [6.07, 6.45) is -4.78.